The van der Waals surface area contributed by atoms with E-state index in [2.05, 4.69) is 9.73 Å². The molecular weight excluding hydrogens is 288 g/mol. The first kappa shape index (κ1) is 15.9. The van der Waals surface area contributed by atoms with Gasteiger partial charge in [-0.05, 0) is 24.8 Å². The molecule has 0 atom stereocenters. The van der Waals surface area contributed by atoms with Gasteiger partial charge >= 0.3 is 6.61 Å². The Morgan fingerprint density at radius 1 is 1.55 bits per heavy atom. The second-order valence-corrected chi connectivity index (χ2v) is 4.18. The smallest absolute Gasteiger partial charge is 0.387 e. The van der Waals surface area contributed by atoms with Crippen LogP contribution in [0.3, 0.4) is 0 Å². The molecule has 0 spiro atoms. The average molecular weight is 300 g/mol. The quantitative estimate of drug-likeness (QED) is 0.868. The van der Waals surface area contributed by atoms with E-state index in [-0.39, 0.29) is 21.9 Å². The van der Waals surface area contributed by atoms with Gasteiger partial charge in [-0.15, -0.1) is 0 Å². The molecule has 2 N–H and O–H groups in total. The zero-order chi connectivity index (χ0) is 15.3. The third kappa shape index (κ3) is 3.45. The Kier molecular flexibility index (Phi) is 5.47. The van der Waals surface area contributed by atoms with Gasteiger partial charge in [-0.2, -0.15) is 14.0 Å². The van der Waals surface area contributed by atoms with Gasteiger partial charge in [0.25, 0.3) is 0 Å². The van der Waals surface area contributed by atoms with Gasteiger partial charge in [0.05, 0.1) is 5.71 Å². The number of hydrogen-bond donors (Lipinski definition) is 1. The van der Waals surface area contributed by atoms with Crippen molar-refractivity contribution in [2.75, 3.05) is 7.05 Å². The predicted molar refractivity (Wildman–Crippen MR) is 73.2 cm³/mol. The number of nitrogens with two attached hydrogens (primary N) is 1. The van der Waals surface area contributed by atoms with Crippen LogP contribution in [0.2, 0.25) is 5.02 Å². The Hall–Kier alpha value is -2.13. The number of ether oxygens (including phenoxy) is 1. The lowest BCUT2D eigenvalue weighted by atomic mass is 9.98. The zero-order valence-corrected chi connectivity index (χ0v) is 11.6. The van der Waals surface area contributed by atoms with Crippen molar-refractivity contribution in [2.45, 2.75) is 13.5 Å². The fourth-order valence-electron chi connectivity index (χ4n) is 1.66. The zero-order valence-electron chi connectivity index (χ0n) is 10.8. The van der Waals surface area contributed by atoms with Crippen LogP contribution in [0.15, 0.2) is 28.9 Å². The van der Waals surface area contributed by atoms with Gasteiger partial charge in [0.15, 0.2) is 0 Å². The van der Waals surface area contributed by atoms with Gasteiger partial charge in [0.1, 0.15) is 17.4 Å². The summed E-state index contributed by atoms with van der Waals surface area (Å²) in [6, 6.07) is 4.43. The van der Waals surface area contributed by atoms with E-state index >= 15 is 0 Å². The SMILES string of the molecule is CN=C(/C(C)=C\N)c1cc(Cl)cc(OC(F)F)c1C#N. The first-order chi connectivity index (χ1) is 9.44. The number of allylic oxidation sites excluding steroid dienone is 1. The molecule has 0 saturated heterocycles. The van der Waals surface area contributed by atoms with Gasteiger partial charge in [0.2, 0.25) is 0 Å². The largest absolute Gasteiger partial charge is 0.433 e. The molecule has 0 radical (unpaired) electrons. The van der Waals surface area contributed by atoms with E-state index in [1.54, 1.807) is 6.92 Å². The first-order valence-electron chi connectivity index (χ1n) is 5.49. The van der Waals surface area contributed by atoms with Crippen molar-refractivity contribution >= 4 is 17.3 Å². The third-order valence-corrected chi connectivity index (χ3v) is 2.72. The number of rotatable bonds is 4. The summed E-state index contributed by atoms with van der Waals surface area (Å²) in [5, 5.41) is 9.33. The third-order valence-electron chi connectivity index (χ3n) is 2.50. The van der Waals surface area contributed by atoms with Crippen molar-refractivity contribution in [3.05, 3.63) is 40.1 Å². The number of nitriles is 1. The van der Waals surface area contributed by atoms with Crippen molar-refractivity contribution in [2.24, 2.45) is 10.7 Å². The summed E-state index contributed by atoms with van der Waals surface area (Å²) in [5.74, 6) is -0.295. The predicted octanol–water partition coefficient (Wildman–Crippen LogP) is 3.09. The molecule has 0 aliphatic rings. The highest BCUT2D eigenvalue weighted by atomic mass is 35.5. The Balaban J connectivity index is 3.55. The van der Waals surface area contributed by atoms with Crippen molar-refractivity contribution < 1.29 is 13.5 Å². The van der Waals surface area contributed by atoms with E-state index < -0.39 is 6.61 Å². The highest BCUT2D eigenvalue weighted by molar-refractivity contribution is 6.31. The average Bonchev–Trinajstić information content (AvgIpc) is 2.38. The molecule has 0 aliphatic heterocycles. The van der Waals surface area contributed by atoms with Gasteiger partial charge in [0, 0.05) is 23.7 Å². The van der Waals surface area contributed by atoms with E-state index in [0.29, 0.717) is 11.3 Å². The maximum Gasteiger partial charge on any atom is 0.387 e. The van der Waals surface area contributed by atoms with Crippen LogP contribution in [0.1, 0.15) is 18.1 Å². The maximum absolute atomic E-state index is 12.4. The summed E-state index contributed by atoms with van der Waals surface area (Å²) in [7, 11) is 1.50. The number of hydrogen-bond acceptors (Lipinski definition) is 4. The molecule has 0 amide bonds. The topological polar surface area (TPSA) is 71.4 Å². The van der Waals surface area contributed by atoms with Gasteiger partial charge < -0.3 is 10.5 Å². The molecule has 4 nitrogen and oxygen atoms in total. The number of aliphatic imine (C=N–C) groups is 1. The van der Waals surface area contributed by atoms with Gasteiger partial charge in [-0.3, -0.25) is 4.99 Å². The van der Waals surface area contributed by atoms with Crippen LogP contribution in [0.25, 0.3) is 0 Å². The minimum atomic E-state index is -3.05. The van der Waals surface area contributed by atoms with Crippen LogP contribution >= 0.6 is 11.6 Å². The Morgan fingerprint density at radius 3 is 2.65 bits per heavy atom. The summed E-state index contributed by atoms with van der Waals surface area (Å²) in [4.78, 5) is 4.01. The molecule has 0 fully saturated rings. The van der Waals surface area contributed by atoms with E-state index in [1.807, 2.05) is 6.07 Å². The summed E-state index contributed by atoms with van der Waals surface area (Å²) < 4.78 is 29.1. The number of halogens is 3. The highest BCUT2D eigenvalue weighted by Gasteiger charge is 2.19. The monoisotopic (exact) mass is 299 g/mol. The summed E-state index contributed by atoms with van der Waals surface area (Å²) in [6.07, 6.45) is 1.30. The summed E-state index contributed by atoms with van der Waals surface area (Å²) >= 11 is 5.87. The lowest BCUT2D eigenvalue weighted by Gasteiger charge is -2.13. The van der Waals surface area contributed by atoms with Crippen LogP contribution in [0.4, 0.5) is 8.78 Å². The molecule has 0 saturated carbocycles. The molecule has 106 valence electrons. The maximum atomic E-state index is 12.4. The van der Waals surface area contributed by atoms with Crippen LogP contribution in [-0.4, -0.2) is 19.4 Å². The Labute approximate surface area is 120 Å². The molecule has 20 heavy (non-hydrogen) atoms. The minimum Gasteiger partial charge on any atom is -0.433 e. The van der Waals surface area contributed by atoms with E-state index in [1.165, 1.54) is 19.3 Å². The molecular formula is C13H12ClF2N3O. The lowest BCUT2D eigenvalue weighted by molar-refractivity contribution is -0.0500. The molecule has 0 aliphatic carbocycles. The molecule has 7 heteroatoms. The number of benzene rings is 1. The minimum absolute atomic E-state index is 0.0727. The molecule has 0 heterocycles. The van der Waals surface area contributed by atoms with Crippen LogP contribution in [0.5, 0.6) is 5.75 Å². The van der Waals surface area contributed by atoms with Crippen molar-refractivity contribution in [3.63, 3.8) is 0 Å². The van der Waals surface area contributed by atoms with Gasteiger partial charge in [-0.1, -0.05) is 11.6 Å². The van der Waals surface area contributed by atoms with E-state index in [0.717, 1.165) is 6.07 Å². The normalized spacial score (nSPS) is 12.4. The first-order valence-corrected chi connectivity index (χ1v) is 5.86. The standard InChI is InChI=1S/C13H12ClF2N3O/c1-7(5-17)12(19-2)9-3-8(14)4-11(10(9)6-18)20-13(15)16/h3-5,13H,17H2,1-2H3/b7-5-,19-12?. The molecule has 0 bridgehead atoms. The van der Waals surface area contributed by atoms with Crippen molar-refractivity contribution in [3.8, 4) is 11.8 Å². The van der Waals surface area contributed by atoms with Crippen LogP contribution in [0, 0.1) is 11.3 Å². The molecule has 0 aromatic heterocycles. The van der Waals surface area contributed by atoms with Crippen molar-refractivity contribution in [1.82, 2.24) is 0 Å². The highest BCUT2D eigenvalue weighted by Crippen LogP contribution is 2.30. The Morgan fingerprint density at radius 2 is 2.20 bits per heavy atom. The van der Waals surface area contributed by atoms with Crippen molar-refractivity contribution in [1.29, 1.82) is 5.26 Å². The van der Waals surface area contributed by atoms with E-state index in [4.69, 9.17) is 17.3 Å². The number of nitrogens with zero attached hydrogens (tertiary/aromatic N) is 2. The lowest BCUT2D eigenvalue weighted by Crippen LogP contribution is -2.10. The molecule has 1 aromatic carbocycles. The molecule has 0 unspecified atom stereocenters. The fourth-order valence-corrected chi connectivity index (χ4v) is 1.87. The fraction of sp³-hybridized carbons (Fsp3) is 0.231. The van der Waals surface area contributed by atoms with E-state index in [9.17, 15) is 14.0 Å². The van der Waals surface area contributed by atoms with Crippen LogP contribution in [-0.2, 0) is 0 Å². The molecule has 1 aromatic rings. The Bertz CT molecular complexity index is 606. The summed E-state index contributed by atoms with van der Waals surface area (Å²) in [6.45, 7) is -1.38. The second kappa shape index (κ2) is 6.87. The van der Waals surface area contributed by atoms with Crippen LogP contribution < -0.4 is 10.5 Å². The molecule has 1 rings (SSSR count). The number of alkyl halides is 2. The van der Waals surface area contributed by atoms with Gasteiger partial charge in [-0.25, -0.2) is 0 Å². The summed E-state index contributed by atoms with van der Waals surface area (Å²) in [5.41, 5.74) is 6.60. The second-order valence-electron chi connectivity index (χ2n) is 3.74.